The van der Waals surface area contributed by atoms with E-state index in [-0.39, 0.29) is 0 Å². The maximum absolute atomic E-state index is 5.84. The van der Waals surface area contributed by atoms with E-state index in [4.69, 9.17) is 9.47 Å². The molecule has 3 aromatic rings. The fourth-order valence-corrected chi connectivity index (χ4v) is 4.46. The summed E-state index contributed by atoms with van der Waals surface area (Å²) in [5.41, 5.74) is 1.22. The standard InChI is InChI=1S/C22H20O2S2/c1-3-7-19(8-4-1)25-21-12-11-17(14-23-15-18-16-24-18)22(13-21)26-20-9-5-2-6-10-20/h1-13,18H,14-16H2. The zero-order valence-corrected chi connectivity index (χ0v) is 16.0. The molecule has 0 amide bonds. The van der Waals surface area contributed by atoms with Gasteiger partial charge in [-0.15, -0.1) is 0 Å². The lowest BCUT2D eigenvalue weighted by Gasteiger charge is -2.12. The van der Waals surface area contributed by atoms with Gasteiger partial charge in [0, 0.05) is 19.6 Å². The second-order valence-corrected chi connectivity index (χ2v) is 8.33. The van der Waals surface area contributed by atoms with Crippen LogP contribution >= 0.6 is 23.5 Å². The van der Waals surface area contributed by atoms with Crippen molar-refractivity contribution in [3.63, 3.8) is 0 Å². The molecule has 1 aliphatic rings. The minimum absolute atomic E-state index is 0.299. The van der Waals surface area contributed by atoms with E-state index >= 15 is 0 Å². The molecule has 0 saturated carbocycles. The topological polar surface area (TPSA) is 21.8 Å². The van der Waals surface area contributed by atoms with Gasteiger partial charge in [-0.05, 0) is 42.0 Å². The van der Waals surface area contributed by atoms with Gasteiger partial charge in [-0.25, -0.2) is 0 Å². The van der Waals surface area contributed by atoms with Gasteiger partial charge in [0.2, 0.25) is 0 Å². The van der Waals surface area contributed by atoms with Crippen molar-refractivity contribution >= 4 is 23.5 Å². The van der Waals surface area contributed by atoms with E-state index in [1.54, 1.807) is 23.5 Å². The molecular weight excluding hydrogens is 360 g/mol. The van der Waals surface area contributed by atoms with Crippen LogP contribution in [0, 0.1) is 0 Å². The van der Waals surface area contributed by atoms with E-state index in [1.807, 2.05) is 12.1 Å². The molecule has 1 fully saturated rings. The largest absolute Gasteiger partial charge is 0.374 e. The monoisotopic (exact) mass is 380 g/mol. The highest BCUT2D eigenvalue weighted by molar-refractivity contribution is 8.00. The van der Waals surface area contributed by atoms with Crippen molar-refractivity contribution in [3.8, 4) is 0 Å². The molecular formula is C22H20O2S2. The van der Waals surface area contributed by atoms with Crippen LogP contribution < -0.4 is 0 Å². The average Bonchev–Trinajstić information content (AvgIpc) is 3.50. The molecule has 1 unspecified atom stereocenters. The van der Waals surface area contributed by atoms with E-state index < -0.39 is 0 Å². The summed E-state index contributed by atoms with van der Waals surface area (Å²) in [6.07, 6.45) is 0.299. The third kappa shape index (κ3) is 5.15. The summed E-state index contributed by atoms with van der Waals surface area (Å²) >= 11 is 3.57. The normalized spacial score (nSPS) is 15.8. The Hall–Kier alpha value is -1.72. The Balaban J connectivity index is 1.53. The summed E-state index contributed by atoms with van der Waals surface area (Å²) in [6, 6.07) is 27.6. The fraction of sp³-hybridized carbons (Fsp3) is 0.182. The van der Waals surface area contributed by atoms with Gasteiger partial charge in [0.15, 0.2) is 0 Å². The van der Waals surface area contributed by atoms with Crippen LogP contribution in [0.3, 0.4) is 0 Å². The average molecular weight is 381 g/mol. The van der Waals surface area contributed by atoms with Crippen molar-refractivity contribution in [1.82, 2.24) is 0 Å². The second kappa shape index (κ2) is 8.78. The molecule has 0 aliphatic carbocycles. The first-order valence-corrected chi connectivity index (χ1v) is 10.3. The minimum Gasteiger partial charge on any atom is -0.374 e. The molecule has 0 N–H and O–H groups in total. The molecule has 1 aliphatic heterocycles. The number of benzene rings is 3. The first kappa shape index (κ1) is 17.7. The lowest BCUT2D eigenvalue weighted by Crippen LogP contribution is -2.02. The highest BCUT2D eigenvalue weighted by Crippen LogP contribution is 2.36. The number of hydrogen-bond donors (Lipinski definition) is 0. The van der Waals surface area contributed by atoms with Crippen LogP contribution in [-0.2, 0) is 16.1 Å². The van der Waals surface area contributed by atoms with Crippen molar-refractivity contribution < 1.29 is 9.47 Å². The molecule has 132 valence electrons. The summed E-state index contributed by atoms with van der Waals surface area (Å²) < 4.78 is 11.1. The lowest BCUT2D eigenvalue weighted by atomic mass is 10.2. The van der Waals surface area contributed by atoms with Gasteiger partial charge in [-0.2, -0.15) is 0 Å². The molecule has 1 heterocycles. The van der Waals surface area contributed by atoms with Crippen molar-refractivity contribution in [3.05, 3.63) is 84.4 Å². The maximum Gasteiger partial charge on any atom is 0.104 e. The summed E-state index contributed by atoms with van der Waals surface area (Å²) in [5, 5.41) is 0. The zero-order valence-electron chi connectivity index (χ0n) is 14.3. The van der Waals surface area contributed by atoms with Crippen LogP contribution in [0.15, 0.2) is 98.4 Å². The summed E-state index contributed by atoms with van der Waals surface area (Å²) in [6.45, 7) is 2.12. The molecule has 3 aromatic carbocycles. The summed E-state index contributed by atoms with van der Waals surface area (Å²) in [5.74, 6) is 0. The molecule has 4 heteroatoms. The van der Waals surface area contributed by atoms with Crippen molar-refractivity contribution in [2.24, 2.45) is 0 Å². The van der Waals surface area contributed by atoms with Crippen LogP contribution in [-0.4, -0.2) is 19.3 Å². The van der Waals surface area contributed by atoms with Crippen LogP contribution in [0.1, 0.15) is 5.56 Å². The number of ether oxygens (including phenoxy) is 2. The van der Waals surface area contributed by atoms with E-state index in [0.717, 1.165) is 6.61 Å². The molecule has 0 aromatic heterocycles. The van der Waals surface area contributed by atoms with E-state index in [1.165, 1.54) is 25.1 Å². The summed E-state index contributed by atoms with van der Waals surface area (Å²) in [4.78, 5) is 4.97. The van der Waals surface area contributed by atoms with Crippen molar-refractivity contribution in [1.29, 1.82) is 0 Å². The smallest absolute Gasteiger partial charge is 0.104 e. The number of hydrogen-bond acceptors (Lipinski definition) is 4. The van der Waals surface area contributed by atoms with Gasteiger partial charge < -0.3 is 9.47 Å². The highest BCUT2D eigenvalue weighted by Gasteiger charge is 2.22. The minimum atomic E-state index is 0.299. The Morgan fingerprint density at radius 1 is 0.808 bits per heavy atom. The molecule has 26 heavy (non-hydrogen) atoms. The molecule has 1 saturated heterocycles. The van der Waals surface area contributed by atoms with Crippen LogP contribution in [0.25, 0.3) is 0 Å². The van der Waals surface area contributed by atoms with Gasteiger partial charge in [0.05, 0.1) is 19.8 Å². The van der Waals surface area contributed by atoms with Crippen LogP contribution in [0.5, 0.6) is 0 Å². The summed E-state index contributed by atoms with van der Waals surface area (Å²) in [7, 11) is 0. The highest BCUT2D eigenvalue weighted by atomic mass is 32.2. The SMILES string of the molecule is c1ccc(Sc2ccc(COCC3CO3)c(Sc3ccccc3)c2)cc1. The molecule has 0 spiro atoms. The third-order valence-electron chi connectivity index (χ3n) is 3.95. The van der Waals surface area contributed by atoms with Crippen LogP contribution in [0.4, 0.5) is 0 Å². The zero-order chi connectivity index (χ0) is 17.6. The van der Waals surface area contributed by atoms with Crippen LogP contribution in [0.2, 0.25) is 0 Å². The third-order valence-corrected chi connectivity index (χ3v) is 6.06. The van der Waals surface area contributed by atoms with Gasteiger partial charge in [0.25, 0.3) is 0 Å². The van der Waals surface area contributed by atoms with Crippen molar-refractivity contribution in [2.75, 3.05) is 13.2 Å². The Morgan fingerprint density at radius 2 is 1.46 bits per heavy atom. The van der Waals surface area contributed by atoms with Gasteiger partial charge >= 0.3 is 0 Å². The van der Waals surface area contributed by atoms with E-state index in [2.05, 4.69) is 66.7 Å². The molecule has 2 nitrogen and oxygen atoms in total. The lowest BCUT2D eigenvalue weighted by molar-refractivity contribution is 0.103. The first-order chi connectivity index (χ1) is 12.9. The molecule has 1 atom stereocenters. The van der Waals surface area contributed by atoms with E-state index in [9.17, 15) is 0 Å². The predicted octanol–water partition coefficient (Wildman–Crippen LogP) is 5.90. The predicted molar refractivity (Wildman–Crippen MR) is 107 cm³/mol. The van der Waals surface area contributed by atoms with E-state index in [0.29, 0.717) is 19.3 Å². The fourth-order valence-electron chi connectivity index (χ4n) is 2.52. The Kier molecular flexibility index (Phi) is 5.97. The number of epoxide rings is 1. The molecule has 4 rings (SSSR count). The molecule has 0 radical (unpaired) electrons. The van der Waals surface area contributed by atoms with Gasteiger partial charge in [-0.3, -0.25) is 0 Å². The Bertz CT molecular complexity index is 833. The Morgan fingerprint density at radius 3 is 2.12 bits per heavy atom. The van der Waals surface area contributed by atoms with Gasteiger partial charge in [0.1, 0.15) is 6.10 Å². The quantitative estimate of drug-likeness (QED) is 0.453. The number of rotatable bonds is 8. The second-order valence-electron chi connectivity index (χ2n) is 6.07. The van der Waals surface area contributed by atoms with Gasteiger partial charge in [-0.1, -0.05) is 66.0 Å². The first-order valence-electron chi connectivity index (χ1n) is 8.65. The maximum atomic E-state index is 5.84. The van der Waals surface area contributed by atoms with Crippen molar-refractivity contribution in [2.45, 2.75) is 32.3 Å². The molecule has 0 bridgehead atoms. The Labute approximate surface area is 162 Å².